The van der Waals surface area contributed by atoms with Crippen LogP contribution in [0.15, 0.2) is 65.8 Å². The molecule has 2 N–H and O–H groups in total. The summed E-state index contributed by atoms with van der Waals surface area (Å²) in [6, 6.07) is 17.2. The molecule has 9 nitrogen and oxygen atoms in total. The molecule has 0 radical (unpaired) electrons. The monoisotopic (exact) mass is 539 g/mol. The number of ether oxygens (including phenoxy) is 4. The number of benzene rings is 3. The summed E-state index contributed by atoms with van der Waals surface area (Å²) in [6.45, 7) is 4.45. The number of carbonyl (C=O) groups is 2. The highest BCUT2D eigenvalue weighted by molar-refractivity contribution is 6.32. The lowest BCUT2D eigenvalue weighted by molar-refractivity contribution is -0.118. The largest absolute Gasteiger partial charge is 0.493 e. The predicted molar refractivity (Wildman–Crippen MR) is 147 cm³/mol. The Morgan fingerprint density at radius 1 is 0.947 bits per heavy atom. The van der Waals surface area contributed by atoms with Crippen LogP contribution in [0.5, 0.6) is 23.0 Å². The quantitative estimate of drug-likeness (QED) is 0.225. The van der Waals surface area contributed by atoms with Gasteiger partial charge in [0.05, 0.1) is 31.6 Å². The van der Waals surface area contributed by atoms with E-state index in [-0.39, 0.29) is 23.3 Å². The first-order valence-corrected chi connectivity index (χ1v) is 12.4. The van der Waals surface area contributed by atoms with Crippen LogP contribution in [0.25, 0.3) is 0 Å². The molecular weight excluding hydrogens is 510 g/mol. The molecule has 0 fully saturated rings. The summed E-state index contributed by atoms with van der Waals surface area (Å²) in [5.74, 6) is 0.818. The van der Waals surface area contributed by atoms with Gasteiger partial charge in [0.25, 0.3) is 11.8 Å². The van der Waals surface area contributed by atoms with Gasteiger partial charge in [-0.25, -0.2) is 5.43 Å². The fraction of sp³-hybridized carbons (Fsp3) is 0.250. The van der Waals surface area contributed by atoms with Crippen LogP contribution in [0.1, 0.15) is 36.2 Å². The predicted octanol–water partition coefficient (Wildman–Crippen LogP) is 5.32. The van der Waals surface area contributed by atoms with Crippen molar-refractivity contribution < 1.29 is 28.5 Å². The Labute approximate surface area is 226 Å². The fourth-order valence-electron chi connectivity index (χ4n) is 3.29. The van der Waals surface area contributed by atoms with Crippen LogP contribution in [-0.2, 0) is 4.79 Å². The number of amides is 2. The van der Waals surface area contributed by atoms with Crippen LogP contribution < -0.4 is 29.7 Å². The van der Waals surface area contributed by atoms with Gasteiger partial charge in [0.1, 0.15) is 0 Å². The maximum absolute atomic E-state index is 12.6. The van der Waals surface area contributed by atoms with Crippen molar-refractivity contribution in [3.05, 3.63) is 76.8 Å². The summed E-state index contributed by atoms with van der Waals surface area (Å²) < 4.78 is 22.3. The SMILES string of the molecule is CCCOc1ccc(C(=O)N/N=C/c2cc(Cl)c(OCC(=O)Nc3ccccc3)c(OCC)c2)cc1OC. The van der Waals surface area contributed by atoms with Gasteiger partial charge in [0, 0.05) is 11.3 Å². The second kappa shape index (κ2) is 14.5. The van der Waals surface area contributed by atoms with Crippen molar-refractivity contribution in [3.8, 4) is 23.0 Å². The van der Waals surface area contributed by atoms with E-state index < -0.39 is 5.91 Å². The molecule has 0 aliphatic heterocycles. The van der Waals surface area contributed by atoms with E-state index in [1.165, 1.54) is 13.3 Å². The molecule has 10 heteroatoms. The van der Waals surface area contributed by atoms with Crippen molar-refractivity contribution in [1.29, 1.82) is 0 Å². The summed E-state index contributed by atoms with van der Waals surface area (Å²) in [4.78, 5) is 24.8. The van der Waals surface area contributed by atoms with Crippen molar-refractivity contribution in [2.24, 2.45) is 5.10 Å². The van der Waals surface area contributed by atoms with Gasteiger partial charge >= 0.3 is 0 Å². The van der Waals surface area contributed by atoms with Crippen molar-refractivity contribution in [2.75, 3.05) is 32.2 Å². The van der Waals surface area contributed by atoms with E-state index >= 15 is 0 Å². The lowest BCUT2D eigenvalue weighted by Crippen LogP contribution is -2.20. The van der Waals surface area contributed by atoms with Crippen LogP contribution in [0.4, 0.5) is 5.69 Å². The number of nitrogens with zero attached hydrogens (tertiary/aromatic N) is 1. The number of carbonyl (C=O) groups excluding carboxylic acids is 2. The lowest BCUT2D eigenvalue weighted by Gasteiger charge is -2.14. The molecule has 0 bridgehead atoms. The van der Waals surface area contributed by atoms with Gasteiger partial charge in [-0.3, -0.25) is 9.59 Å². The van der Waals surface area contributed by atoms with E-state index in [4.69, 9.17) is 30.5 Å². The van der Waals surface area contributed by atoms with E-state index in [0.717, 1.165) is 6.42 Å². The topological polar surface area (TPSA) is 107 Å². The smallest absolute Gasteiger partial charge is 0.271 e. The summed E-state index contributed by atoms with van der Waals surface area (Å²) in [7, 11) is 1.51. The molecule has 0 aromatic heterocycles. The summed E-state index contributed by atoms with van der Waals surface area (Å²) in [5, 5.41) is 6.99. The van der Waals surface area contributed by atoms with Crippen LogP contribution in [0, 0.1) is 0 Å². The minimum Gasteiger partial charge on any atom is -0.493 e. The Morgan fingerprint density at radius 2 is 1.74 bits per heavy atom. The minimum absolute atomic E-state index is 0.226. The van der Waals surface area contributed by atoms with E-state index in [9.17, 15) is 9.59 Å². The first-order valence-electron chi connectivity index (χ1n) is 12.0. The van der Waals surface area contributed by atoms with Crippen LogP contribution in [0.2, 0.25) is 5.02 Å². The molecule has 38 heavy (non-hydrogen) atoms. The third-order valence-electron chi connectivity index (χ3n) is 5.00. The normalized spacial score (nSPS) is 10.6. The van der Waals surface area contributed by atoms with Gasteiger partial charge < -0.3 is 24.3 Å². The van der Waals surface area contributed by atoms with E-state index in [0.29, 0.717) is 47.3 Å². The molecule has 3 aromatic rings. The van der Waals surface area contributed by atoms with Gasteiger partial charge in [-0.1, -0.05) is 36.7 Å². The van der Waals surface area contributed by atoms with Crippen molar-refractivity contribution in [3.63, 3.8) is 0 Å². The highest BCUT2D eigenvalue weighted by atomic mass is 35.5. The Kier molecular flexibility index (Phi) is 10.8. The molecule has 0 heterocycles. The molecule has 0 aliphatic rings. The van der Waals surface area contributed by atoms with Crippen LogP contribution in [-0.4, -0.2) is 45.0 Å². The van der Waals surface area contributed by atoms with E-state index in [2.05, 4.69) is 15.8 Å². The summed E-state index contributed by atoms with van der Waals surface area (Å²) in [6.07, 6.45) is 2.28. The lowest BCUT2D eigenvalue weighted by atomic mass is 10.2. The second-order valence-corrected chi connectivity index (χ2v) is 8.29. The number of hydrazone groups is 1. The number of para-hydroxylation sites is 1. The van der Waals surface area contributed by atoms with Crippen LogP contribution in [0.3, 0.4) is 0 Å². The molecule has 3 aromatic carbocycles. The van der Waals surface area contributed by atoms with Crippen molar-refractivity contribution in [2.45, 2.75) is 20.3 Å². The maximum Gasteiger partial charge on any atom is 0.271 e. The Bertz CT molecular complexity index is 1270. The van der Waals surface area contributed by atoms with E-state index in [1.54, 1.807) is 42.5 Å². The molecule has 0 saturated carbocycles. The Hall–Kier alpha value is -4.24. The first kappa shape index (κ1) is 28.3. The van der Waals surface area contributed by atoms with Gasteiger partial charge in [0.15, 0.2) is 29.6 Å². The van der Waals surface area contributed by atoms with Crippen molar-refractivity contribution in [1.82, 2.24) is 5.43 Å². The number of methoxy groups -OCH3 is 1. The zero-order valence-corrected chi connectivity index (χ0v) is 22.2. The Balaban J connectivity index is 1.65. The minimum atomic E-state index is -0.429. The molecule has 0 spiro atoms. The zero-order chi connectivity index (χ0) is 27.3. The average Bonchev–Trinajstić information content (AvgIpc) is 2.92. The highest BCUT2D eigenvalue weighted by Gasteiger charge is 2.15. The maximum atomic E-state index is 12.6. The molecule has 0 aliphatic carbocycles. The average molecular weight is 540 g/mol. The Morgan fingerprint density at radius 3 is 2.45 bits per heavy atom. The third kappa shape index (κ3) is 8.14. The standard InChI is InChI=1S/C28H30ClN3O6/c1-4-13-37-23-12-11-20(16-24(23)35-3)28(34)32-30-17-19-14-22(29)27(25(15-19)36-5-2)38-18-26(33)31-21-9-7-6-8-10-21/h6-12,14-17H,4-5,13,18H2,1-3H3,(H,31,33)(H,32,34)/b30-17+. The molecule has 0 saturated heterocycles. The number of rotatable bonds is 13. The van der Waals surface area contributed by atoms with Gasteiger partial charge in [-0.05, 0) is 61.4 Å². The molecule has 3 rings (SSSR count). The number of hydrogen-bond donors (Lipinski definition) is 2. The van der Waals surface area contributed by atoms with E-state index in [1.807, 2.05) is 32.0 Å². The molecule has 2 amide bonds. The first-order chi connectivity index (χ1) is 18.4. The molecule has 0 atom stereocenters. The summed E-state index contributed by atoms with van der Waals surface area (Å²) >= 11 is 6.42. The zero-order valence-electron chi connectivity index (χ0n) is 21.5. The van der Waals surface area contributed by atoms with Crippen LogP contribution >= 0.6 is 11.6 Å². The van der Waals surface area contributed by atoms with Gasteiger partial charge in [0.2, 0.25) is 0 Å². The van der Waals surface area contributed by atoms with Gasteiger partial charge in [-0.2, -0.15) is 5.10 Å². The highest BCUT2D eigenvalue weighted by Crippen LogP contribution is 2.36. The summed E-state index contributed by atoms with van der Waals surface area (Å²) in [5.41, 5.74) is 4.04. The molecule has 0 unspecified atom stereocenters. The third-order valence-corrected chi connectivity index (χ3v) is 5.28. The number of hydrogen-bond acceptors (Lipinski definition) is 7. The fourth-order valence-corrected chi connectivity index (χ4v) is 3.57. The molecule has 200 valence electrons. The number of nitrogens with one attached hydrogen (secondary N) is 2. The number of anilines is 1. The molecular formula is C28H30ClN3O6. The van der Waals surface area contributed by atoms with Gasteiger partial charge in [-0.15, -0.1) is 0 Å². The van der Waals surface area contributed by atoms with Crippen molar-refractivity contribution >= 4 is 35.3 Å². The second-order valence-electron chi connectivity index (χ2n) is 7.88. The number of halogens is 1.